The van der Waals surface area contributed by atoms with Gasteiger partial charge < -0.3 is 29.7 Å². The van der Waals surface area contributed by atoms with Crippen molar-refractivity contribution in [3.63, 3.8) is 0 Å². The minimum atomic E-state index is -1.44. The summed E-state index contributed by atoms with van der Waals surface area (Å²) in [5, 5.41) is 28.5. The van der Waals surface area contributed by atoms with E-state index in [2.05, 4.69) is 30.6 Å². The minimum absolute atomic E-state index is 0.00378. The number of amides is 4. The Morgan fingerprint density at radius 3 is 1.17 bits per heavy atom. The van der Waals surface area contributed by atoms with Crippen LogP contribution in [-0.2, 0) is 19.1 Å². The number of methoxy groups -OCH3 is 2. The van der Waals surface area contributed by atoms with Crippen molar-refractivity contribution in [2.75, 3.05) is 14.2 Å². The molecule has 0 bridgehead atoms. The zero-order chi connectivity index (χ0) is 39.7. The van der Waals surface area contributed by atoms with Gasteiger partial charge in [0.15, 0.2) is 0 Å². The smallest absolute Gasteiger partial charge is 0.411 e. The van der Waals surface area contributed by atoms with Gasteiger partial charge in [-0.05, 0) is 47.9 Å². The van der Waals surface area contributed by atoms with Crippen LogP contribution in [0.1, 0.15) is 65.3 Å². The van der Waals surface area contributed by atoms with E-state index in [0.29, 0.717) is 11.6 Å². The molecule has 4 rings (SSSR count). The largest absolute Gasteiger partial charge is 0.465 e. The Hall–Kier alpha value is -5.42. The highest BCUT2D eigenvalue weighted by molar-refractivity contribution is 5.95. The van der Waals surface area contributed by atoms with Gasteiger partial charge in [-0.15, -0.1) is 0 Å². The summed E-state index contributed by atoms with van der Waals surface area (Å²) in [5.74, 6) is -0.238. The van der Waals surface area contributed by atoms with Crippen LogP contribution in [0.2, 0.25) is 0 Å². The summed E-state index contributed by atoms with van der Waals surface area (Å²) in [4.78, 5) is 63.5. The maximum Gasteiger partial charge on any atom is 0.411 e. The first-order valence-corrected chi connectivity index (χ1v) is 17.6. The van der Waals surface area contributed by atoms with Crippen LogP contribution in [0.15, 0.2) is 60.9 Å². The number of aromatic amines is 2. The summed E-state index contributed by atoms with van der Waals surface area (Å²) in [5.41, 5.74) is 5.37. The number of imidazole rings is 2. The molecule has 0 saturated carbocycles. The van der Waals surface area contributed by atoms with Crippen molar-refractivity contribution in [1.29, 1.82) is 0 Å². The number of benzene rings is 2. The van der Waals surface area contributed by atoms with Crippen molar-refractivity contribution in [1.82, 2.24) is 41.2 Å². The first-order valence-electron chi connectivity index (χ1n) is 17.6. The highest BCUT2D eigenvalue weighted by atomic mass is 16.5. The van der Waals surface area contributed by atoms with E-state index in [0.717, 1.165) is 33.6 Å². The topological polar surface area (TPSA) is 233 Å². The van der Waals surface area contributed by atoms with Gasteiger partial charge in [0.05, 0.1) is 48.1 Å². The van der Waals surface area contributed by atoms with Crippen LogP contribution in [0.25, 0.3) is 33.6 Å². The van der Waals surface area contributed by atoms with E-state index in [9.17, 15) is 19.2 Å². The van der Waals surface area contributed by atoms with Crippen molar-refractivity contribution < 1.29 is 38.9 Å². The molecule has 2 heterocycles. The zero-order valence-corrected chi connectivity index (χ0v) is 31.6. The molecule has 0 spiro atoms. The number of H-pyrrole nitrogens is 2. The van der Waals surface area contributed by atoms with Crippen LogP contribution >= 0.6 is 0 Å². The van der Waals surface area contributed by atoms with Gasteiger partial charge in [0.1, 0.15) is 23.7 Å². The molecule has 4 aromatic rings. The molecule has 54 heavy (non-hydrogen) atoms. The van der Waals surface area contributed by atoms with E-state index in [4.69, 9.17) is 19.7 Å². The number of carbonyl (C=O) groups is 4. The van der Waals surface area contributed by atoms with E-state index < -0.39 is 60.4 Å². The molecule has 4 amide bonds. The molecule has 0 saturated heterocycles. The molecule has 2 aromatic carbocycles. The summed E-state index contributed by atoms with van der Waals surface area (Å²) in [6.45, 7) is 11.3. The number of aromatic nitrogens is 4. The fraction of sp³-hybridized carbons (Fsp3) is 0.421. The normalized spacial score (nSPS) is 14.9. The average molecular weight is 747 g/mol. The summed E-state index contributed by atoms with van der Waals surface area (Å²) >= 11 is 0. The van der Waals surface area contributed by atoms with E-state index in [-0.39, 0.29) is 11.8 Å². The third-order valence-corrected chi connectivity index (χ3v) is 9.26. The molecule has 0 fully saturated rings. The number of nitrogens with one attached hydrogen (secondary N) is 6. The number of imide groups is 2. The number of ether oxygens (including phenoxy) is 2. The van der Waals surface area contributed by atoms with Crippen molar-refractivity contribution >= 4 is 24.0 Å². The van der Waals surface area contributed by atoms with Gasteiger partial charge in [-0.3, -0.25) is 30.9 Å². The van der Waals surface area contributed by atoms with Crippen molar-refractivity contribution in [3.8, 4) is 33.6 Å². The van der Waals surface area contributed by atoms with Gasteiger partial charge in [-0.1, -0.05) is 76.2 Å². The van der Waals surface area contributed by atoms with E-state index in [1.807, 2.05) is 86.9 Å². The molecule has 0 radical (unpaired) electrons. The number of rotatable bonds is 17. The SMILES string of the molecule is COC(C)C(NC(c1ncc(-c2ccc(-c3ccc(-c4cnc([C@@H](N[C@H](C(=O)NC(=O)O)[C@@H](C)OC)C(C)C)[nH]4)cc3)cc2)[nH]1)C(C)C)C(=O)NC(=O)O. The number of hydrogen-bond acceptors (Lipinski definition) is 10. The highest BCUT2D eigenvalue weighted by Gasteiger charge is 2.33. The molecule has 0 aliphatic rings. The Kier molecular flexibility index (Phi) is 14.2. The third kappa shape index (κ3) is 10.4. The Morgan fingerprint density at radius 2 is 0.889 bits per heavy atom. The van der Waals surface area contributed by atoms with Gasteiger partial charge >= 0.3 is 12.2 Å². The average Bonchev–Trinajstić information content (AvgIpc) is 3.82. The molecular weight excluding hydrogens is 696 g/mol. The lowest BCUT2D eigenvalue weighted by Gasteiger charge is -2.29. The predicted octanol–water partition coefficient (Wildman–Crippen LogP) is 5.10. The van der Waals surface area contributed by atoms with Crippen LogP contribution < -0.4 is 21.3 Å². The quantitative estimate of drug-likeness (QED) is 0.0705. The lowest BCUT2D eigenvalue weighted by molar-refractivity contribution is -0.126. The molecule has 8 N–H and O–H groups in total. The molecule has 0 aliphatic carbocycles. The molecular formula is C38H50N8O8. The first-order chi connectivity index (χ1) is 25.6. The van der Waals surface area contributed by atoms with Crippen LogP contribution in [-0.4, -0.2) is 92.7 Å². The lowest BCUT2D eigenvalue weighted by atomic mass is 10.0. The number of carboxylic acid groups (broad SMARTS) is 2. The monoisotopic (exact) mass is 746 g/mol. The van der Waals surface area contributed by atoms with E-state index in [1.165, 1.54) is 14.2 Å². The second-order valence-electron chi connectivity index (χ2n) is 13.7. The van der Waals surface area contributed by atoms with Gasteiger partial charge in [0.25, 0.3) is 0 Å². The van der Waals surface area contributed by atoms with Gasteiger partial charge in [0.2, 0.25) is 11.8 Å². The Morgan fingerprint density at radius 1 is 0.574 bits per heavy atom. The standard InChI is InChI=1S/C38H50N8O8/c1-19(2)29(43-31(21(5)53-7)35(47)45-37(49)50)33-39-17-27(41-33)25-13-9-23(10-14-25)24-11-15-26(16-12-24)28-18-40-34(42-28)30(20(3)4)44-32(22(6)54-8)36(48)46-38(51)52/h9-22,29-32,43-44H,1-8H3,(H,39,41)(H,40,42)(H,45,47)(H,46,48)(H,49,50)(H,51,52)/t21-,22?,29+,30?,31+,32?/m1/s1. The molecule has 290 valence electrons. The fourth-order valence-corrected chi connectivity index (χ4v) is 6.02. The van der Waals surface area contributed by atoms with Crippen molar-refractivity contribution in [2.45, 2.75) is 77.9 Å². The van der Waals surface area contributed by atoms with Crippen molar-refractivity contribution in [3.05, 3.63) is 72.6 Å². The molecule has 0 aliphatic heterocycles. The Balaban J connectivity index is 1.48. The van der Waals surface area contributed by atoms with E-state index in [1.54, 1.807) is 26.2 Å². The maximum absolute atomic E-state index is 12.7. The lowest BCUT2D eigenvalue weighted by Crippen LogP contribution is -2.53. The van der Waals surface area contributed by atoms with Crippen LogP contribution in [0.5, 0.6) is 0 Å². The summed E-state index contributed by atoms with van der Waals surface area (Å²) in [6.07, 6.45) is -0.640. The predicted molar refractivity (Wildman–Crippen MR) is 201 cm³/mol. The molecule has 6 atom stereocenters. The van der Waals surface area contributed by atoms with Crippen molar-refractivity contribution in [2.24, 2.45) is 11.8 Å². The second-order valence-corrected chi connectivity index (χ2v) is 13.7. The highest BCUT2D eigenvalue weighted by Crippen LogP contribution is 2.29. The summed E-state index contributed by atoms with van der Waals surface area (Å²) < 4.78 is 10.7. The first kappa shape index (κ1) is 41.3. The van der Waals surface area contributed by atoms with Gasteiger partial charge in [-0.2, -0.15) is 0 Å². The molecule has 16 heteroatoms. The van der Waals surface area contributed by atoms with Gasteiger partial charge in [-0.25, -0.2) is 19.6 Å². The summed E-state index contributed by atoms with van der Waals surface area (Å²) in [6, 6.07) is 13.3. The van der Waals surface area contributed by atoms with Crippen LogP contribution in [0, 0.1) is 11.8 Å². The maximum atomic E-state index is 12.7. The Bertz CT molecular complexity index is 1740. The van der Waals surface area contributed by atoms with Crippen LogP contribution in [0.3, 0.4) is 0 Å². The third-order valence-electron chi connectivity index (χ3n) is 9.26. The second kappa shape index (κ2) is 18.6. The minimum Gasteiger partial charge on any atom is -0.465 e. The van der Waals surface area contributed by atoms with E-state index >= 15 is 0 Å². The molecule has 2 aromatic heterocycles. The molecule has 3 unspecified atom stereocenters. The number of hydrogen-bond donors (Lipinski definition) is 8. The Labute approximate surface area is 313 Å². The number of carbonyl (C=O) groups excluding carboxylic acids is 2. The van der Waals surface area contributed by atoms with Crippen LogP contribution in [0.4, 0.5) is 9.59 Å². The molecule has 16 nitrogen and oxygen atoms in total. The zero-order valence-electron chi connectivity index (χ0n) is 31.6. The fourth-order valence-electron chi connectivity index (χ4n) is 6.02. The summed E-state index contributed by atoms with van der Waals surface area (Å²) in [7, 11) is 2.91. The van der Waals surface area contributed by atoms with Gasteiger partial charge in [0, 0.05) is 14.2 Å². The number of nitrogens with zero attached hydrogens (tertiary/aromatic N) is 2.